The number of rotatable bonds is 4. The summed E-state index contributed by atoms with van der Waals surface area (Å²) in [6, 6.07) is 16.7. The standard InChI is InChI=1S/C18H17FO2/c19-16-8-4-5-9-17(16)21-18-11-10-15(13-20-18)12-14-6-2-1-3-7-14/h1-9,13,18H,10-12H2. The number of benzene rings is 2. The average Bonchev–Trinajstić information content (AvgIpc) is 2.52. The third-order valence-corrected chi connectivity index (χ3v) is 3.46. The maximum absolute atomic E-state index is 13.5. The lowest BCUT2D eigenvalue weighted by Crippen LogP contribution is -2.22. The molecule has 0 saturated heterocycles. The molecule has 0 bridgehead atoms. The van der Waals surface area contributed by atoms with Gasteiger partial charge in [0.15, 0.2) is 11.6 Å². The number of allylic oxidation sites excluding steroid dienone is 1. The molecule has 3 heteroatoms. The van der Waals surface area contributed by atoms with Crippen LogP contribution in [0.2, 0.25) is 0 Å². The van der Waals surface area contributed by atoms with Gasteiger partial charge in [0.25, 0.3) is 0 Å². The van der Waals surface area contributed by atoms with Crippen molar-refractivity contribution >= 4 is 0 Å². The lowest BCUT2D eigenvalue weighted by atomic mass is 10.0. The first-order valence-electron chi connectivity index (χ1n) is 7.10. The van der Waals surface area contributed by atoms with Crippen molar-refractivity contribution in [1.29, 1.82) is 0 Å². The van der Waals surface area contributed by atoms with E-state index in [0.717, 1.165) is 19.3 Å². The van der Waals surface area contributed by atoms with Gasteiger partial charge in [-0.2, -0.15) is 0 Å². The Labute approximate surface area is 123 Å². The highest BCUT2D eigenvalue weighted by Crippen LogP contribution is 2.25. The summed E-state index contributed by atoms with van der Waals surface area (Å²) < 4.78 is 24.6. The van der Waals surface area contributed by atoms with Crippen LogP contribution >= 0.6 is 0 Å². The van der Waals surface area contributed by atoms with Crippen LogP contribution in [0.1, 0.15) is 18.4 Å². The van der Waals surface area contributed by atoms with E-state index in [1.165, 1.54) is 17.2 Å². The fraction of sp³-hybridized carbons (Fsp3) is 0.222. The number of para-hydroxylation sites is 1. The zero-order valence-corrected chi connectivity index (χ0v) is 11.7. The summed E-state index contributed by atoms with van der Waals surface area (Å²) in [5.41, 5.74) is 2.50. The van der Waals surface area contributed by atoms with Crippen LogP contribution in [0.25, 0.3) is 0 Å². The minimum atomic E-state index is -0.415. The van der Waals surface area contributed by atoms with Crippen LogP contribution in [0.5, 0.6) is 5.75 Å². The summed E-state index contributed by atoms with van der Waals surface area (Å²) >= 11 is 0. The van der Waals surface area contributed by atoms with Crippen LogP contribution in [0.3, 0.4) is 0 Å². The molecule has 0 aliphatic carbocycles. The van der Waals surface area contributed by atoms with Crippen LogP contribution in [0.4, 0.5) is 4.39 Å². The molecule has 1 heterocycles. The van der Waals surface area contributed by atoms with Crippen LogP contribution in [0, 0.1) is 5.82 Å². The van der Waals surface area contributed by atoms with Gasteiger partial charge in [0.1, 0.15) is 0 Å². The van der Waals surface area contributed by atoms with E-state index in [4.69, 9.17) is 9.47 Å². The monoisotopic (exact) mass is 284 g/mol. The maximum atomic E-state index is 13.5. The van der Waals surface area contributed by atoms with Gasteiger partial charge >= 0.3 is 0 Å². The molecule has 3 rings (SSSR count). The molecule has 1 aliphatic rings. The topological polar surface area (TPSA) is 18.5 Å². The predicted octanol–water partition coefficient (Wildman–Crippen LogP) is 4.47. The molecule has 0 fully saturated rings. The summed E-state index contributed by atoms with van der Waals surface area (Å²) in [5.74, 6) is -0.123. The van der Waals surface area contributed by atoms with Crippen molar-refractivity contribution in [2.75, 3.05) is 0 Å². The molecule has 1 atom stereocenters. The molecule has 108 valence electrons. The molecule has 0 amide bonds. The summed E-state index contributed by atoms with van der Waals surface area (Å²) in [4.78, 5) is 0. The minimum absolute atomic E-state index is 0.238. The molecular weight excluding hydrogens is 267 g/mol. The Kier molecular flexibility index (Phi) is 4.20. The Balaban J connectivity index is 1.58. The Bertz CT molecular complexity index is 622. The van der Waals surface area contributed by atoms with E-state index in [0.29, 0.717) is 0 Å². The summed E-state index contributed by atoms with van der Waals surface area (Å²) in [6.07, 6.45) is 3.84. The van der Waals surface area contributed by atoms with Crippen molar-refractivity contribution in [2.24, 2.45) is 0 Å². The smallest absolute Gasteiger partial charge is 0.240 e. The molecule has 1 unspecified atom stereocenters. The van der Waals surface area contributed by atoms with E-state index in [9.17, 15) is 4.39 Å². The zero-order chi connectivity index (χ0) is 14.5. The van der Waals surface area contributed by atoms with Crippen molar-refractivity contribution in [3.05, 3.63) is 77.8 Å². The fourth-order valence-corrected chi connectivity index (χ4v) is 2.36. The SMILES string of the molecule is Fc1ccccc1OC1CCC(Cc2ccccc2)=CO1. The fourth-order valence-electron chi connectivity index (χ4n) is 2.36. The van der Waals surface area contributed by atoms with Gasteiger partial charge in [0, 0.05) is 6.42 Å². The van der Waals surface area contributed by atoms with E-state index in [1.54, 1.807) is 24.5 Å². The Morgan fingerprint density at radius 3 is 2.52 bits per heavy atom. The molecule has 0 saturated carbocycles. The predicted molar refractivity (Wildman–Crippen MR) is 79.4 cm³/mol. The molecule has 2 aromatic carbocycles. The van der Waals surface area contributed by atoms with E-state index < -0.39 is 6.29 Å². The maximum Gasteiger partial charge on any atom is 0.240 e. The quantitative estimate of drug-likeness (QED) is 0.824. The third-order valence-electron chi connectivity index (χ3n) is 3.46. The van der Waals surface area contributed by atoms with Gasteiger partial charge < -0.3 is 9.47 Å². The Morgan fingerprint density at radius 1 is 1.05 bits per heavy atom. The van der Waals surface area contributed by atoms with Gasteiger partial charge in [-0.25, -0.2) is 4.39 Å². The lowest BCUT2D eigenvalue weighted by Gasteiger charge is -2.24. The second-order valence-corrected chi connectivity index (χ2v) is 5.09. The van der Waals surface area contributed by atoms with Crippen LogP contribution < -0.4 is 4.74 Å². The van der Waals surface area contributed by atoms with Gasteiger partial charge in [-0.3, -0.25) is 0 Å². The van der Waals surface area contributed by atoms with Crippen molar-refractivity contribution in [2.45, 2.75) is 25.6 Å². The zero-order valence-electron chi connectivity index (χ0n) is 11.7. The highest BCUT2D eigenvalue weighted by molar-refractivity contribution is 5.24. The summed E-state index contributed by atoms with van der Waals surface area (Å²) in [7, 11) is 0. The first-order chi connectivity index (χ1) is 10.3. The minimum Gasteiger partial charge on any atom is -0.463 e. The molecule has 21 heavy (non-hydrogen) atoms. The number of ether oxygens (including phenoxy) is 2. The van der Waals surface area contributed by atoms with Gasteiger partial charge in [0.05, 0.1) is 6.26 Å². The van der Waals surface area contributed by atoms with Crippen molar-refractivity contribution in [3.63, 3.8) is 0 Å². The molecular formula is C18H17FO2. The highest BCUT2D eigenvalue weighted by Gasteiger charge is 2.18. The second kappa shape index (κ2) is 6.44. The second-order valence-electron chi connectivity index (χ2n) is 5.09. The Hall–Kier alpha value is -2.29. The van der Waals surface area contributed by atoms with E-state index >= 15 is 0 Å². The van der Waals surface area contributed by atoms with Gasteiger partial charge in [-0.15, -0.1) is 0 Å². The molecule has 2 aromatic rings. The van der Waals surface area contributed by atoms with Crippen molar-refractivity contribution in [1.82, 2.24) is 0 Å². The molecule has 0 radical (unpaired) electrons. The number of hydrogen-bond donors (Lipinski definition) is 0. The third kappa shape index (κ3) is 3.63. The van der Waals surface area contributed by atoms with Gasteiger partial charge in [-0.05, 0) is 36.1 Å². The van der Waals surface area contributed by atoms with Crippen LogP contribution in [0.15, 0.2) is 66.4 Å². The number of hydrogen-bond acceptors (Lipinski definition) is 2. The molecule has 0 spiro atoms. The molecule has 1 aliphatic heterocycles. The summed E-state index contributed by atoms with van der Waals surface area (Å²) in [6.45, 7) is 0. The van der Waals surface area contributed by atoms with E-state index in [-0.39, 0.29) is 11.6 Å². The normalized spacial score (nSPS) is 17.8. The van der Waals surface area contributed by atoms with Gasteiger partial charge in [0.2, 0.25) is 6.29 Å². The molecule has 2 nitrogen and oxygen atoms in total. The first-order valence-corrected chi connectivity index (χ1v) is 7.10. The Morgan fingerprint density at radius 2 is 1.81 bits per heavy atom. The van der Waals surface area contributed by atoms with E-state index in [2.05, 4.69) is 12.1 Å². The molecule has 0 aromatic heterocycles. The van der Waals surface area contributed by atoms with E-state index in [1.807, 2.05) is 18.2 Å². The van der Waals surface area contributed by atoms with Crippen molar-refractivity contribution < 1.29 is 13.9 Å². The first kappa shape index (κ1) is 13.7. The van der Waals surface area contributed by atoms with Gasteiger partial charge in [-0.1, -0.05) is 42.5 Å². The van der Waals surface area contributed by atoms with Crippen LogP contribution in [-0.2, 0) is 11.2 Å². The van der Waals surface area contributed by atoms with Crippen molar-refractivity contribution in [3.8, 4) is 5.75 Å². The lowest BCUT2D eigenvalue weighted by molar-refractivity contribution is -0.0462. The average molecular weight is 284 g/mol. The summed E-state index contributed by atoms with van der Waals surface area (Å²) in [5, 5.41) is 0. The number of halogens is 1. The largest absolute Gasteiger partial charge is 0.463 e. The highest BCUT2D eigenvalue weighted by atomic mass is 19.1. The van der Waals surface area contributed by atoms with Crippen LogP contribution in [-0.4, -0.2) is 6.29 Å². The molecule has 0 N–H and O–H groups in total.